The van der Waals surface area contributed by atoms with E-state index < -0.39 is 0 Å². The summed E-state index contributed by atoms with van der Waals surface area (Å²) in [6.45, 7) is 4.76. The number of ether oxygens (including phenoxy) is 1. The molecule has 2 aromatic rings. The second-order valence-corrected chi connectivity index (χ2v) is 4.93. The van der Waals surface area contributed by atoms with Crippen molar-refractivity contribution in [3.63, 3.8) is 0 Å². The van der Waals surface area contributed by atoms with Crippen LogP contribution in [0.25, 0.3) is 5.65 Å². The van der Waals surface area contributed by atoms with Gasteiger partial charge in [-0.3, -0.25) is 0 Å². The molecule has 1 aliphatic heterocycles. The lowest BCUT2D eigenvalue weighted by Crippen LogP contribution is -2.32. The molecule has 3 heterocycles. The lowest BCUT2D eigenvalue weighted by molar-refractivity contribution is 0.0340. The van der Waals surface area contributed by atoms with Crippen LogP contribution in [0.1, 0.15) is 24.4 Å². The van der Waals surface area contributed by atoms with Gasteiger partial charge in [0.05, 0.1) is 18.4 Å². The molecule has 1 fully saturated rings. The molecule has 0 amide bonds. The zero-order chi connectivity index (χ0) is 13.1. The third-order valence-corrected chi connectivity index (χ3v) is 3.43. The Morgan fingerprint density at radius 2 is 2.16 bits per heavy atom. The zero-order valence-electron chi connectivity index (χ0n) is 11.2. The summed E-state index contributed by atoms with van der Waals surface area (Å²) >= 11 is 0. The van der Waals surface area contributed by atoms with Gasteiger partial charge < -0.3 is 10.1 Å². The number of nitrogens with one attached hydrogen (secondary N) is 1. The SMILES string of the molecule is Cc1ccc2nnc(CCOC3CCNCC3)n2n1. The molecule has 2 aromatic heterocycles. The molecular weight excluding hydrogens is 242 g/mol. The molecule has 0 spiro atoms. The molecule has 0 radical (unpaired) electrons. The van der Waals surface area contributed by atoms with Gasteiger partial charge in [0, 0.05) is 6.42 Å². The molecule has 19 heavy (non-hydrogen) atoms. The Balaban J connectivity index is 1.60. The van der Waals surface area contributed by atoms with E-state index in [0.717, 1.165) is 49.5 Å². The fourth-order valence-electron chi connectivity index (χ4n) is 2.36. The first kappa shape index (κ1) is 12.5. The minimum absolute atomic E-state index is 0.384. The monoisotopic (exact) mass is 261 g/mol. The number of piperidine rings is 1. The van der Waals surface area contributed by atoms with Gasteiger partial charge in [-0.2, -0.15) is 9.61 Å². The van der Waals surface area contributed by atoms with Gasteiger partial charge in [0.15, 0.2) is 11.5 Å². The number of aryl methyl sites for hydroxylation is 1. The van der Waals surface area contributed by atoms with Crippen LogP contribution in [0.2, 0.25) is 0 Å². The number of hydrogen-bond acceptors (Lipinski definition) is 5. The third kappa shape index (κ3) is 2.90. The highest BCUT2D eigenvalue weighted by molar-refractivity contribution is 5.35. The van der Waals surface area contributed by atoms with Crippen molar-refractivity contribution >= 4 is 5.65 Å². The first-order valence-corrected chi connectivity index (χ1v) is 6.83. The summed E-state index contributed by atoms with van der Waals surface area (Å²) in [6, 6.07) is 3.88. The molecule has 0 atom stereocenters. The molecule has 0 unspecified atom stereocenters. The van der Waals surface area contributed by atoms with Gasteiger partial charge in [-0.05, 0) is 45.0 Å². The highest BCUT2D eigenvalue weighted by Crippen LogP contribution is 2.09. The molecule has 0 aliphatic carbocycles. The molecule has 1 N–H and O–H groups in total. The van der Waals surface area contributed by atoms with Crippen molar-refractivity contribution in [1.29, 1.82) is 0 Å². The van der Waals surface area contributed by atoms with E-state index >= 15 is 0 Å². The molecule has 1 saturated heterocycles. The van der Waals surface area contributed by atoms with Crippen molar-refractivity contribution < 1.29 is 4.74 Å². The Hall–Kier alpha value is -1.53. The summed E-state index contributed by atoms with van der Waals surface area (Å²) < 4.78 is 7.69. The van der Waals surface area contributed by atoms with Gasteiger partial charge in [-0.25, -0.2) is 0 Å². The smallest absolute Gasteiger partial charge is 0.177 e. The van der Waals surface area contributed by atoms with Gasteiger partial charge >= 0.3 is 0 Å². The molecular formula is C13H19N5O. The number of aromatic nitrogens is 4. The summed E-state index contributed by atoms with van der Waals surface area (Å²) in [7, 11) is 0. The van der Waals surface area contributed by atoms with E-state index in [9.17, 15) is 0 Å². The third-order valence-electron chi connectivity index (χ3n) is 3.43. The second-order valence-electron chi connectivity index (χ2n) is 4.93. The molecule has 0 bridgehead atoms. The second kappa shape index (κ2) is 5.63. The van der Waals surface area contributed by atoms with Crippen LogP contribution in [0, 0.1) is 6.92 Å². The first-order valence-electron chi connectivity index (χ1n) is 6.83. The Morgan fingerprint density at radius 1 is 1.32 bits per heavy atom. The Morgan fingerprint density at radius 3 is 3.00 bits per heavy atom. The predicted molar refractivity (Wildman–Crippen MR) is 71.1 cm³/mol. The van der Waals surface area contributed by atoms with Crippen LogP contribution in [0.4, 0.5) is 0 Å². The van der Waals surface area contributed by atoms with Crippen LogP contribution >= 0.6 is 0 Å². The molecule has 1 aliphatic rings. The van der Waals surface area contributed by atoms with E-state index in [1.165, 1.54) is 0 Å². The maximum Gasteiger partial charge on any atom is 0.177 e. The average Bonchev–Trinajstić information content (AvgIpc) is 2.83. The number of hydrogen-bond donors (Lipinski definition) is 1. The van der Waals surface area contributed by atoms with E-state index in [-0.39, 0.29) is 0 Å². The van der Waals surface area contributed by atoms with Crippen molar-refractivity contribution in [2.45, 2.75) is 32.3 Å². The summed E-state index contributed by atoms with van der Waals surface area (Å²) in [5.74, 6) is 0.868. The summed E-state index contributed by atoms with van der Waals surface area (Å²) in [4.78, 5) is 0. The fourth-order valence-corrected chi connectivity index (χ4v) is 2.36. The minimum atomic E-state index is 0.384. The fraction of sp³-hybridized carbons (Fsp3) is 0.615. The Bertz CT molecular complexity index is 547. The van der Waals surface area contributed by atoms with Gasteiger partial charge in [0.2, 0.25) is 0 Å². The maximum atomic E-state index is 5.89. The van der Waals surface area contributed by atoms with E-state index in [4.69, 9.17) is 4.74 Å². The lowest BCUT2D eigenvalue weighted by atomic mass is 10.1. The number of fused-ring (bicyclic) bond motifs is 1. The molecule has 3 rings (SSSR count). The zero-order valence-corrected chi connectivity index (χ0v) is 11.2. The van der Waals surface area contributed by atoms with Gasteiger partial charge in [0.1, 0.15) is 0 Å². The molecule has 0 aromatic carbocycles. The maximum absolute atomic E-state index is 5.89. The van der Waals surface area contributed by atoms with Gasteiger partial charge in [-0.15, -0.1) is 10.2 Å². The van der Waals surface area contributed by atoms with Crippen LogP contribution < -0.4 is 5.32 Å². The van der Waals surface area contributed by atoms with Gasteiger partial charge in [0.25, 0.3) is 0 Å². The Kier molecular flexibility index (Phi) is 3.70. The largest absolute Gasteiger partial charge is 0.378 e. The van der Waals surface area contributed by atoms with E-state index in [1.54, 1.807) is 4.52 Å². The summed E-state index contributed by atoms with van der Waals surface area (Å²) in [5, 5.41) is 16.0. The molecule has 102 valence electrons. The molecule has 6 nitrogen and oxygen atoms in total. The molecule has 0 saturated carbocycles. The quantitative estimate of drug-likeness (QED) is 0.879. The number of nitrogens with zero attached hydrogens (tertiary/aromatic N) is 4. The van der Waals surface area contributed by atoms with Crippen molar-refractivity contribution in [1.82, 2.24) is 25.1 Å². The summed E-state index contributed by atoms with van der Waals surface area (Å²) in [5.41, 5.74) is 1.76. The minimum Gasteiger partial charge on any atom is -0.378 e. The average molecular weight is 261 g/mol. The summed E-state index contributed by atoms with van der Waals surface area (Å²) in [6.07, 6.45) is 3.33. The van der Waals surface area contributed by atoms with Crippen LogP contribution in [0.3, 0.4) is 0 Å². The standard InChI is InChI=1S/C13H19N5O/c1-10-2-3-12-15-16-13(18(12)17-10)6-9-19-11-4-7-14-8-5-11/h2-3,11,14H,4-9H2,1H3. The first-order chi connectivity index (χ1) is 9.33. The van der Waals surface area contributed by atoms with Crippen LogP contribution in [-0.4, -0.2) is 45.6 Å². The Labute approximate surface area is 112 Å². The van der Waals surface area contributed by atoms with Crippen LogP contribution in [0.5, 0.6) is 0 Å². The van der Waals surface area contributed by atoms with Crippen molar-refractivity contribution in [3.05, 3.63) is 23.7 Å². The van der Waals surface area contributed by atoms with Crippen molar-refractivity contribution in [2.75, 3.05) is 19.7 Å². The topological polar surface area (TPSA) is 64.3 Å². The van der Waals surface area contributed by atoms with Gasteiger partial charge in [-0.1, -0.05) is 0 Å². The van der Waals surface area contributed by atoms with E-state index in [2.05, 4.69) is 20.6 Å². The van der Waals surface area contributed by atoms with Crippen molar-refractivity contribution in [3.8, 4) is 0 Å². The highest BCUT2D eigenvalue weighted by Gasteiger charge is 2.14. The predicted octanol–water partition coefficient (Wildman–Crippen LogP) is 0.744. The lowest BCUT2D eigenvalue weighted by Gasteiger charge is -2.22. The van der Waals surface area contributed by atoms with Crippen molar-refractivity contribution in [2.24, 2.45) is 0 Å². The van der Waals surface area contributed by atoms with Crippen LogP contribution in [-0.2, 0) is 11.2 Å². The van der Waals surface area contributed by atoms with E-state index in [0.29, 0.717) is 12.7 Å². The molecule has 6 heteroatoms. The normalized spacial score (nSPS) is 17.1. The highest BCUT2D eigenvalue weighted by atomic mass is 16.5. The van der Waals surface area contributed by atoms with E-state index in [1.807, 2.05) is 19.1 Å². The van der Waals surface area contributed by atoms with Crippen LogP contribution in [0.15, 0.2) is 12.1 Å². The number of rotatable bonds is 4.